The molecule has 0 bridgehead atoms. The molecule has 316 valence electrons. The van der Waals surface area contributed by atoms with Gasteiger partial charge in [0.05, 0.1) is 27.9 Å². The Morgan fingerprint density at radius 3 is 1.21 bits per heavy atom. The van der Waals surface area contributed by atoms with Gasteiger partial charge < -0.3 is 19.1 Å². The van der Waals surface area contributed by atoms with Gasteiger partial charge in [0.1, 0.15) is 27.4 Å². The fourth-order valence-electron chi connectivity index (χ4n) is 6.50. The molecular formula is C40H57BrClNaO11S3. The Labute approximate surface area is 376 Å². The summed E-state index contributed by atoms with van der Waals surface area (Å²) in [5.74, 6) is 3.51. The third kappa shape index (κ3) is 22.1. The minimum atomic E-state index is -4.36. The van der Waals surface area contributed by atoms with Gasteiger partial charge in [-0.1, -0.05) is 81.1 Å². The van der Waals surface area contributed by atoms with Gasteiger partial charge in [-0.3, -0.25) is 4.55 Å². The molecule has 3 aliphatic carbocycles. The molecule has 0 spiro atoms. The zero-order valence-corrected chi connectivity index (χ0v) is 38.7. The first-order valence-electron chi connectivity index (χ1n) is 18.7. The number of benzene rings is 3. The van der Waals surface area contributed by atoms with Crippen LogP contribution in [0.5, 0.6) is 17.2 Å². The van der Waals surface area contributed by atoms with Gasteiger partial charge in [0.2, 0.25) is 0 Å². The zero-order valence-electron chi connectivity index (χ0n) is 31.9. The largest absolute Gasteiger partial charge is 1.00 e. The second-order valence-electron chi connectivity index (χ2n) is 14.1. The average molecular weight is 948 g/mol. The number of rotatable bonds is 10. The Morgan fingerprint density at radius 2 is 0.912 bits per heavy atom. The number of aromatic hydroxyl groups is 1. The Balaban J connectivity index is 0.000000392. The van der Waals surface area contributed by atoms with Crippen molar-refractivity contribution in [2.75, 3.05) is 18.5 Å². The summed E-state index contributed by atoms with van der Waals surface area (Å²) in [5.41, 5.74) is 0. The fraction of sp³-hybridized carbons (Fsp3) is 0.550. The van der Waals surface area contributed by atoms with E-state index in [2.05, 4.69) is 15.9 Å². The molecule has 3 fully saturated rings. The summed E-state index contributed by atoms with van der Waals surface area (Å²) in [5, 5.41) is 9.98. The fourth-order valence-corrected chi connectivity index (χ4v) is 8.86. The van der Waals surface area contributed by atoms with E-state index < -0.39 is 29.3 Å². The van der Waals surface area contributed by atoms with Crippen LogP contribution >= 0.6 is 26.6 Å². The van der Waals surface area contributed by atoms with E-state index in [0.29, 0.717) is 36.5 Å². The molecule has 0 aromatic heterocycles. The van der Waals surface area contributed by atoms with E-state index in [-0.39, 0.29) is 57.4 Å². The first-order chi connectivity index (χ1) is 26.0. The zero-order chi connectivity index (χ0) is 40.3. The number of ether oxygens (including phenoxy) is 2. The molecule has 0 heterocycles. The Hall–Kier alpha value is -1.40. The van der Waals surface area contributed by atoms with Crippen LogP contribution < -0.4 is 39.0 Å². The van der Waals surface area contributed by atoms with Gasteiger partial charge in [-0.15, -0.1) is 0 Å². The van der Waals surface area contributed by atoms with Crippen LogP contribution in [-0.4, -0.2) is 58.0 Å². The summed E-state index contributed by atoms with van der Waals surface area (Å²) in [6, 6.07) is 16.5. The first kappa shape index (κ1) is 53.6. The van der Waals surface area contributed by atoms with E-state index in [1.807, 2.05) is 0 Å². The predicted molar refractivity (Wildman–Crippen MR) is 223 cm³/mol. The van der Waals surface area contributed by atoms with Gasteiger partial charge >= 0.3 is 29.6 Å². The second kappa shape index (κ2) is 27.4. The third-order valence-electron chi connectivity index (χ3n) is 9.72. The number of phenolic OH excluding ortho intramolecular Hbond substituents is 1. The normalized spacial score (nSPS) is 16.6. The molecule has 3 saturated carbocycles. The SMILES string of the molecule is BrCC1CCCCC1.C.O=S(=O)(Cl)c1ccc(OCC2CCCCC2)cc1.O=S(=O)(O)c1ccc(O)cc1.O=S(=O)([O-])c1ccc(OCC2CCCCC2)cc1.[Na+]. The average Bonchev–Trinajstić information content (AvgIpc) is 3.18. The van der Waals surface area contributed by atoms with Crippen molar-refractivity contribution in [2.45, 2.75) is 118 Å². The number of hydrogen-bond acceptors (Lipinski definition) is 10. The van der Waals surface area contributed by atoms with Crippen molar-refractivity contribution in [3.05, 3.63) is 72.8 Å². The van der Waals surface area contributed by atoms with Gasteiger partial charge in [0.15, 0.2) is 0 Å². The molecule has 3 aliphatic rings. The van der Waals surface area contributed by atoms with Gasteiger partial charge in [0.25, 0.3) is 19.2 Å². The minimum absolute atomic E-state index is 0. The number of halogens is 2. The quantitative estimate of drug-likeness (QED) is 0.0896. The van der Waals surface area contributed by atoms with Gasteiger partial charge in [0, 0.05) is 16.0 Å². The number of alkyl halides is 1. The second-order valence-corrected chi connectivity index (χ2v) is 20.1. The molecule has 0 aliphatic heterocycles. The van der Waals surface area contributed by atoms with Crippen molar-refractivity contribution in [3.8, 4) is 17.2 Å². The van der Waals surface area contributed by atoms with Crippen molar-refractivity contribution in [2.24, 2.45) is 17.8 Å². The van der Waals surface area contributed by atoms with Crippen LogP contribution in [0.25, 0.3) is 0 Å². The molecule has 0 saturated heterocycles. The molecule has 11 nitrogen and oxygen atoms in total. The molecule has 0 unspecified atom stereocenters. The van der Waals surface area contributed by atoms with Crippen LogP contribution in [-0.2, 0) is 29.3 Å². The Bertz CT molecular complexity index is 1770. The van der Waals surface area contributed by atoms with E-state index in [4.69, 9.17) is 29.8 Å². The van der Waals surface area contributed by atoms with Gasteiger partial charge in [-0.05, 0) is 129 Å². The van der Waals surface area contributed by atoms with Crippen molar-refractivity contribution in [3.63, 3.8) is 0 Å². The number of phenols is 1. The summed E-state index contributed by atoms with van der Waals surface area (Å²) >= 11 is 3.51. The maximum atomic E-state index is 11.1. The topological polar surface area (TPSA) is 184 Å². The van der Waals surface area contributed by atoms with E-state index >= 15 is 0 Å². The standard InChI is InChI=1S/C13H17ClO3S.C13H18O4S.C7H13Br.C6H6O4S.CH4.Na/c2*14-18(15,16)13-8-6-12(7-9-13)17-10-11-4-2-1-3-5-11;8-6-7-4-2-1-3-5-7;7-5-1-3-6(4-2-5)11(8,9)10;;/h6-9,11H,1-5,10H2;6-9,11H,1-5,10H2,(H,14,15,16);7H,1-6H2;1-4,7H,(H,8,9,10);1H4;/q;;;;;+1/p-1. The third-order valence-corrected chi connectivity index (χ3v) is 13.7. The summed E-state index contributed by atoms with van der Waals surface area (Å²) in [6.45, 7) is 1.39. The first-order valence-corrected chi connectivity index (χ1v) is 25.0. The Morgan fingerprint density at radius 1 is 0.579 bits per heavy atom. The number of hydrogen-bond donors (Lipinski definition) is 2. The van der Waals surface area contributed by atoms with E-state index in [0.717, 1.165) is 18.1 Å². The van der Waals surface area contributed by atoms with E-state index in [1.165, 1.54) is 150 Å². The Kier molecular flexibility index (Phi) is 25.8. The molecule has 2 N–H and O–H groups in total. The summed E-state index contributed by atoms with van der Waals surface area (Å²) in [4.78, 5) is -0.336. The predicted octanol–water partition coefficient (Wildman–Crippen LogP) is 7.36. The van der Waals surface area contributed by atoms with Gasteiger partial charge in [-0.2, -0.15) is 8.42 Å². The van der Waals surface area contributed by atoms with Gasteiger partial charge in [-0.25, -0.2) is 16.8 Å². The van der Waals surface area contributed by atoms with E-state index in [9.17, 15) is 29.8 Å². The van der Waals surface area contributed by atoms with Crippen molar-refractivity contribution >= 4 is 55.9 Å². The summed E-state index contributed by atoms with van der Waals surface area (Å²) in [6.07, 6.45) is 20.0. The van der Waals surface area contributed by atoms with Crippen LogP contribution in [0.15, 0.2) is 87.5 Å². The minimum Gasteiger partial charge on any atom is -0.744 e. The molecule has 0 amide bonds. The van der Waals surface area contributed by atoms with Crippen LogP contribution in [0.3, 0.4) is 0 Å². The maximum absolute atomic E-state index is 11.1. The van der Waals surface area contributed by atoms with Crippen LogP contribution in [0.2, 0.25) is 0 Å². The molecular weight excluding hydrogens is 891 g/mol. The summed E-state index contributed by atoms with van der Waals surface area (Å²) in [7, 11) is -6.89. The molecule has 57 heavy (non-hydrogen) atoms. The van der Waals surface area contributed by atoms with Crippen molar-refractivity contribution < 1.29 is 78.5 Å². The molecule has 3 aromatic rings. The van der Waals surface area contributed by atoms with E-state index in [1.54, 1.807) is 12.1 Å². The molecule has 6 rings (SSSR count). The summed E-state index contributed by atoms with van der Waals surface area (Å²) < 4.78 is 95.0. The van der Waals surface area contributed by atoms with Crippen molar-refractivity contribution in [1.82, 2.24) is 0 Å². The molecule has 0 atom stereocenters. The van der Waals surface area contributed by atoms with Crippen molar-refractivity contribution in [1.29, 1.82) is 0 Å². The van der Waals surface area contributed by atoms with Crippen LogP contribution in [0.4, 0.5) is 0 Å². The maximum Gasteiger partial charge on any atom is 1.00 e. The molecule has 3 aromatic carbocycles. The van der Waals surface area contributed by atoms with Crippen LogP contribution in [0.1, 0.15) is 104 Å². The molecule has 0 radical (unpaired) electrons. The van der Waals surface area contributed by atoms with Crippen LogP contribution in [0, 0.1) is 17.8 Å². The molecule has 17 heteroatoms. The monoisotopic (exact) mass is 946 g/mol. The smallest absolute Gasteiger partial charge is 0.744 e.